The maximum atomic E-state index is 14.2. The number of hydrogen-bond donors (Lipinski definition) is 0. The highest BCUT2D eigenvalue weighted by molar-refractivity contribution is 7.14. The predicted octanol–water partition coefficient (Wildman–Crippen LogP) is 6.73. The van der Waals surface area contributed by atoms with E-state index in [2.05, 4.69) is 0 Å². The minimum atomic E-state index is -0.518. The maximum Gasteiger partial charge on any atom is 0.132 e. The summed E-state index contributed by atoms with van der Waals surface area (Å²) < 4.78 is 28.5. The second-order valence-electron chi connectivity index (χ2n) is 4.01. The van der Waals surface area contributed by atoms with E-state index in [1.54, 1.807) is 22.9 Å². The first kappa shape index (κ1) is 14.0. The third-order valence-corrected chi connectivity index (χ3v) is 5.53. The smallest absolute Gasteiger partial charge is 0.132 e. The monoisotopic (exact) mass is 346 g/mol. The van der Waals surface area contributed by atoms with Crippen molar-refractivity contribution >= 4 is 45.9 Å². The van der Waals surface area contributed by atoms with Crippen LogP contribution in [0.25, 0.3) is 20.9 Å². The standard InChI is InChI=1S/C14H6Cl2F2S2/c15-9-1-3-19-13(9)7-5-12(18)8(6-11(7)17)14-10(16)2-4-20-14/h1-6H. The van der Waals surface area contributed by atoms with Crippen LogP contribution in [0, 0.1) is 11.6 Å². The fourth-order valence-electron chi connectivity index (χ4n) is 1.87. The van der Waals surface area contributed by atoms with Crippen molar-refractivity contribution in [2.75, 3.05) is 0 Å². The van der Waals surface area contributed by atoms with Crippen molar-refractivity contribution < 1.29 is 8.78 Å². The molecule has 0 nitrogen and oxygen atoms in total. The Morgan fingerprint density at radius 1 is 0.750 bits per heavy atom. The van der Waals surface area contributed by atoms with Crippen LogP contribution in [0.1, 0.15) is 0 Å². The van der Waals surface area contributed by atoms with E-state index in [4.69, 9.17) is 23.2 Å². The van der Waals surface area contributed by atoms with Gasteiger partial charge in [-0.25, -0.2) is 8.78 Å². The van der Waals surface area contributed by atoms with Gasteiger partial charge >= 0.3 is 0 Å². The van der Waals surface area contributed by atoms with Crippen LogP contribution in [0.15, 0.2) is 35.0 Å². The molecule has 0 fully saturated rings. The molecule has 0 saturated carbocycles. The first-order valence-corrected chi connectivity index (χ1v) is 8.05. The Morgan fingerprint density at radius 2 is 1.15 bits per heavy atom. The molecule has 3 rings (SSSR count). The van der Waals surface area contributed by atoms with E-state index in [-0.39, 0.29) is 11.1 Å². The van der Waals surface area contributed by atoms with Crippen LogP contribution >= 0.6 is 45.9 Å². The van der Waals surface area contributed by atoms with Crippen LogP contribution in [0.2, 0.25) is 10.0 Å². The Hall–Kier alpha value is -0.940. The van der Waals surface area contributed by atoms with E-state index < -0.39 is 11.6 Å². The Morgan fingerprint density at radius 3 is 1.45 bits per heavy atom. The normalized spacial score (nSPS) is 11.0. The van der Waals surface area contributed by atoms with Gasteiger partial charge in [-0.15, -0.1) is 22.7 Å². The van der Waals surface area contributed by atoms with Gasteiger partial charge in [0.25, 0.3) is 0 Å². The molecular weight excluding hydrogens is 341 g/mol. The Kier molecular flexibility index (Phi) is 3.82. The van der Waals surface area contributed by atoms with Crippen molar-refractivity contribution in [2.45, 2.75) is 0 Å². The van der Waals surface area contributed by atoms with Crippen LogP contribution < -0.4 is 0 Å². The third kappa shape index (κ3) is 2.37. The number of hydrogen-bond acceptors (Lipinski definition) is 2. The zero-order chi connectivity index (χ0) is 14.3. The zero-order valence-corrected chi connectivity index (χ0v) is 12.9. The van der Waals surface area contributed by atoms with Gasteiger partial charge in [-0.2, -0.15) is 0 Å². The van der Waals surface area contributed by atoms with Crippen LogP contribution in [0.4, 0.5) is 8.78 Å². The fraction of sp³-hybridized carbons (Fsp3) is 0. The molecule has 0 amide bonds. The number of benzene rings is 1. The van der Waals surface area contributed by atoms with Crippen molar-refractivity contribution in [3.63, 3.8) is 0 Å². The van der Waals surface area contributed by atoms with E-state index in [0.29, 0.717) is 19.8 Å². The number of rotatable bonds is 2. The van der Waals surface area contributed by atoms with Gasteiger partial charge in [-0.05, 0) is 35.0 Å². The quantitative estimate of drug-likeness (QED) is 0.482. The number of thiophene rings is 2. The minimum absolute atomic E-state index is 0.166. The molecule has 20 heavy (non-hydrogen) atoms. The molecule has 2 heterocycles. The highest BCUT2D eigenvalue weighted by Crippen LogP contribution is 2.40. The minimum Gasteiger partial charge on any atom is -0.206 e. The van der Waals surface area contributed by atoms with E-state index in [1.165, 1.54) is 34.8 Å². The highest BCUT2D eigenvalue weighted by Gasteiger charge is 2.17. The summed E-state index contributed by atoms with van der Waals surface area (Å²) in [6, 6.07) is 5.64. The summed E-state index contributed by atoms with van der Waals surface area (Å²) in [7, 11) is 0. The lowest BCUT2D eigenvalue weighted by atomic mass is 10.1. The van der Waals surface area contributed by atoms with Crippen LogP contribution in [0.5, 0.6) is 0 Å². The van der Waals surface area contributed by atoms with Gasteiger partial charge in [-0.3, -0.25) is 0 Å². The van der Waals surface area contributed by atoms with Crippen LogP contribution in [0.3, 0.4) is 0 Å². The maximum absolute atomic E-state index is 14.2. The summed E-state index contributed by atoms with van der Waals surface area (Å²) in [5, 5.41) is 4.29. The Labute approximate surface area is 132 Å². The first-order valence-electron chi connectivity index (χ1n) is 5.53. The molecule has 0 bridgehead atoms. The first-order chi connectivity index (χ1) is 9.58. The second kappa shape index (κ2) is 5.45. The Bertz CT molecular complexity index is 711. The van der Waals surface area contributed by atoms with Gasteiger partial charge in [0.1, 0.15) is 11.6 Å². The molecule has 0 spiro atoms. The average Bonchev–Trinajstić information content (AvgIpc) is 3.01. The van der Waals surface area contributed by atoms with Crippen molar-refractivity contribution in [2.24, 2.45) is 0 Å². The van der Waals surface area contributed by atoms with E-state index in [9.17, 15) is 8.78 Å². The summed E-state index contributed by atoms with van der Waals surface area (Å²) in [4.78, 5) is 1.04. The van der Waals surface area contributed by atoms with Crippen molar-refractivity contribution in [1.29, 1.82) is 0 Å². The van der Waals surface area contributed by atoms with Crippen LogP contribution in [-0.4, -0.2) is 0 Å². The molecule has 0 aliphatic rings. The zero-order valence-electron chi connectivity index (χ0n) is 9.79. The van der Waals surface area contributed by atoms with Gasteiger partial charge in [0.2, 0.25) is 0 Å². The molecule has 0 atom stereocenters. The molecule has 0 saturated heterocycles. The molecule has 102 valence electrons. The molecule has 0 N–H and O–H groups in total. The van der Waals surface area contributed by atoms with Gasteiger partial charge < -0.3 is 0 Å². The van der Waals surface area contributed by atoms with E-state index in [0.717, 1.165) is 0 Å². The predicted molar refractivity (Wildman–Crippen MR) is 83.0 cm³/mol. The fourth-order valence-corrected chi connectivity index (χ4v) is 4.22. The molecule has 2 aromatic heterocycles. The molecule has 1 aromatic carbocycles. The van der Waals surface area contributed by atoms with Crippen molar-refractivity contribution in [3.8, 4) is 20.9 Å². The molecule has 0 radical (unpaired) electrons. The van der Waals surface area contributed by atoms with Gasteiger partial charge in [0.15, 0.2) is 0 Å². The average molecular weight is 347 g/mol. The largest absolute Gasteiger partial charge is 0.206 e. The lowest BCUT2D eigenvalue weighted by molar-refractivity contribution is 0.607. The summed E-state index contributed by atoms with van der Waals surface area (Å²) in [6.07, 6.45) is 0. The molecule has 3 aromatic rings. The Balaban J connectivity index is 2.17. The highest BCUT2D eigenvalue weighted by atomic mass is 35.5. The lowest BCUT2D eigenvalue weighted by Gasteiger charge is -2.07. The van der Waals surface area contributed by atoms with E-state index >= 15 is 0 Å². The number of halogens is 4. The second-order valence-corrected chi connectivity index (χ2v) is 6.65. The summed E-state index contributed by atoms with van der Waals surface area (Å²) in [5.41, 5.74) is 0.331. The SMILES string of the molecule is Fc1cc(-c2sccc2Cl)c(F)cc1-c1sccc1Cl. The third-order valence-electron chi connectivity index (χ3n) is 2.78. The molecule has 0 aliphatic heterocycles. The summed E-state index contributed by atoms with van der Waals surface area (Å²) >= 11 is 14.5. The summed E-state index contributed by atoms with van der Waals surface area (Å²) in [5.74, 6) is -1.04. The summed E-state index contributed by atoms with van der Waals surface area (Å²) in [6.45, 7) is 0. The molecular formula is C14H6Cl2F2S2. The lowest BCUT2D eigenvalue weighted by Crippen LogP contribution is -1.89. The molecule has 0 unspecified atom stereocenters. The van der Waals surface area contributed by atoms with Gasteiger partial charge in [0.05, 0.1) is 19.8 Å². The molecule has 6 heteroatoms. The van der Waals surface area contributed by atoms with Gasteiger partial charge in [0, 0.05) is 11.1 Å². The van der Waals surface area contributed by atoms with Gasteiger partial charge in [-0.1, -0.05) is 23.2 Å². The molecule has 0 aliphatic carbocycles. The topological polar surface area (TPSA) is 0 Å². The van der Waals surface area contributed by atoms with E-state index in [1.807, 2.05) is 0 Å². The van der Waals surface area contributed by atoms with Crippen LogP contribution in [-0.2, 0) is 0 Å². The van der Waals surface area contributed by atoms with Crippen molar-refractivity contribution in [1.82, 2.24) is 0 Å². The van der Waals surface area contributed by atoms with Crippen molar-refractivity contribution in [3.05, 3.63) is 56.7 Å².